The van der Waals surface area contributed by atoms with Gasteiger partial charge in [-0.25, -0.2) is 0 Å². The van der Waals surface area contributed by atoms with E-state index in [9.17, 15) is 4.79 Å². The van der Waals surface area contributed by atoms with Gasteiger partial charge in [-0.1, -0.05) is 20.8 Å². The van der Waals surface area contributed by atoms with Crippen LogP contribution in [-0.2, 0) is 9.22 Å². The lowest BCUT2D eigenvalue weighted by Gasteiger charge is -2.46. The lowest BCUT2D eigenvalue weighted by atomic mass is 9.83. The monoisotopic (exact) mass is 269 g/mol. The van der Waals surface area contributed by atoms with Crippen molar-refractivity contribution in [3.8, 4) is 0 Å². The van der Waals surface area contributed by atoms with Gasteiger partial charge in [0.05, 0.1) is 6.54 Å². The van der Waals surface area contributed by atoms with Crippen LogP contribution in [0.15, 0.2) is 0 Å². The summed E-state index contributed by atoms with van der Waals surface area (Å²) in [4.78, 5) is 14.0. The van der Waals surface area contributed by atoms with E-state index in [-0.39, 0.29) is 5.04 Å². The van der Waals surface area contributed by atoms with E-state index in [1.807, 2.05) is 0 Å². The average Bonchev–Trinajstić information content (AvgIpc) is 2.26. The quantitative estimate of drug-likeness (QED) is 0.738. The van der Waals surface area contributed by atoms with Gasteiger partial charge >= 0.3 is 0 Å². The van der Waals surface area contributed by atoms with Crippen molar-refractivity contribution in [3.05, 3.63) is 0 Å². The Bertz CT molecular complexity index is 335. The molecule has 3 rings (SSSR count). The number of carbonyl (C=O) groups is 1. The summed E-state index contributed by atoms with van der Waals surface area (Å²) < 4.78 is 6.31. The fraction of sp³-hybridized carbons (Fsp3) is 0.929. The van der Waals surface area contributed by atoms with Gasteiger partial charge < -0.3 is 4.43 Å². The molecule has 0 aromatic heterocycles. The summed E-state index contributed by atoms with van der Waals surface area (Å²) in [5, 5.41) is 0.270. The SMILES string of the molecule is CC(C)(C)[Si](C)(C)OC[C@H]1C[C@@H]2CCN1CC2=O. The first-order chi connectivity index (χ1) is 8.21. The highest BCUT2D eigenvalue weighted by Gasteiger charge is 2.42. The van der Waals surface area contributed by atoms with Crippen LogP contribution in [-0.4, -0.2) is 44.7 Å². The molecule has 3 aliphatic heterocycles. The normalized spacial score (nSPS) is 32.9. The van der Waals surface area contributed by atoms with Crippen LogP contribution in [0.4, 0.5) is 0 Å². The molecule has 104 valence electrons. The van der Waals surface area contributed by atoms with E-state index in [1.165, 1.54) is 0 Å². The topological polar surface area (TPSA) is 29.5 Å². The van der Waals surface area contributed by atoms with Crippen molar-refractivity contribution in [2.24, 2.45) is 5.92 Å². The van der Waals surface area contributed by atoms with E-state index in [0.29, 0.717) is 24.3 Å². The van der Waals surface area contributed by atoms with Gasteiger partial charge in [0.2, 0.25) is 0 Å². The van der Waals surface area contributed by atoms with E-state index < -0.39 is 8.32 Å². The van der Waals surface area contributed by atoms with Gasteiger partial charge in [0.15, 0.2) is 8.32 Å². The summed E-state index contributed by atoms with van der Waals surface area (Å²) in [7, 11) is -1.64. The second-order valence-electron chi connectivity index (χ2n) is 7.38. The van der Waals surface area contributed by atoms with Crippen LogP contribution >= 0.6 is 0 Å². The molecule has 3 aliphatic rings. The Labute approximate surface area is 112 Å². The minimum atomic E-state index is -1.64. The molecule has 18 heavy (non-hydrogen) atoms. The van der Waals surface area contributed by atoms with Crippen LogP contribution in [0, 0.1) is 5.92 Å². The number of piperidine rings is 3. The van der Waals surface area contributed by atoms with Crippen molar-refractivity contribution in [2.75, 3.05) is 19.7 Å². The molecule has 0 aromatic rings. The van der Waals surface area contributed by atoms with E-state index in [2.05, 4.69) is 38.8 Å². The molecule has 0 aliphatic carbocycles. The number of hydrogen-bond donors (Lipinski definition) is 0. The molecule has 3 atom stereocenters. The van der Waals surface area contributed by atoms with Gasteiger partial charge in [-0.3, -0.25) is 9.69 Å². The Hall–Kier alpha value is -0.193. The zero-order valence-corrected chi connectivity index (χ0v) is 13.5. The molecular formula is C14H27NO2Si. The van der Waals surface area contributed by atoms with Crippen LogP contribution in [0.25, 0.3) is 0 Å². The largest absolute Gasteiger partial charge is 0.415 e. The molecule has 3 saturated heterocycles. The van der Waals surface area contributed by atoms with Crippen molar-refractivity contribution >= 4 is 14.1 Å². The van der Waals surface area contributed by atoms with Crippen LogP contribution < -0.4 is 0 Å². The van der Waals surface area contributed by atoms with Crippen molar-refractivity contribution in [2.45, 2.75) is 57.8 Å². The zero-order chi connectivity index (χ0) is 13.6. The summed E-state index contributed by atoms with van der Waals surface area (Å²) in [5.74, 6) is 0.771. The summed E-state index contributed by atoms with van der Waals surface area (Å²) >= 11 is 0. The zero-order valence-electron chi connectivity index (χ0n) is 12.5. The third kappa shape index (κ3) is 2.70. The molecule has 0 saturated carbocycles. The van der Waals surface area contributed by atoms with Crippen LogP contribution in [0.2, 0.25) is 18.1 Å². The lowest BCUT2D eigenvalue weighted by Crippen LogP contribution is -2.56. The number of Topliss-reactive ketones (excluding diaryl/α,β-unsaturated/α-hetero) is 1. The van der Waals surface area contributed by atoms with Crippen molar-refractivity contribution in [1.82, 2.24) is 4.90 Å². The Morgan fingerprint density at radius 2 is 2.06 bits per heavy atom. The minimum Gasteiger partial charge on any atom is -0.415 e. The number of ketones is 1. The predicted molar refractivity (Wildman–Crippen MR) is 76.2 cm³/mol. The highest BCUT2D eigenvalue weighted by molar-refractivity contribution is 6.74. The second-order valence-corrected chi connectivity index (χ2v) is 12.2. The van der Waals surface area contributed by atoms with Crippen molar-refractivity contribution < 1.29 is 9.22 Å². The third-order valence-corrected chi connectivity index (χ3v) is 9.60. The summed E-state index contributed by atoms with van der Waals surface area (Å²) in [6.45, 7) is 14.0. The molecule has 0 aromatic carbocycles. The lowest BCUT2D eigenvalue weighted by molar-refractivity contribution is -0.134. The first kappa shape index (κ1) is 14.2. The average molecular weight is 269 g/mol. The van der Waals surface area contributed by atoms with E-state index >= 15 is 0 Å². The molecule has 3 fully saturated rings. The maximum Gasteiger partial charge on any atom is 0.192 e. The maximum absolute atomic E-state index is 11.7. The van der Waals surface area contributed by atoms with E-state index in [4.69, 9.17) is 4.43 Å². The molecule has 0 spiro atoms. The molecule has 0 amide bonds. The first-order valence-electron chi connectivity index (χ1n) is 7.11. The standard InChI is InChI=1S/C14H27NO2Si/c1-14(2,3)18(4,5)17-10-12-8-11-6-7-15(12)9-13(11)16/h11-12H,6-10H2,1-5H3/t11-,12+/m0/s1. The van der Waals surface area contributed by atoms with E-state index in [1.54, 1.807) is 0 Å². The molecule has 3 nitrogen and oxygen atoms in total. The van der Waals surface area contributed by atoms with Crippen molar-refractivity contribution in [3.63, 3.8) is 0 Å². The summed E-state index contributed by atoms with van der Waals surface area (Å²) in [6, 6.07) is 0.482. The highest BCUT2D eigenvalue weighted by atomic mass is 28.4. The highest BCUT2D eigenvalue weighted by Crippen LogP contribution is 2.37. The minimum absolute atomic E-state index is 0.270. The smallest absolute Gasteiger partial charge is 0.192 e. The number of carbonyl (C=O) groups excluding carboxylic acids is 1. The van der Waals surface area contributed by atoms with Crippen LogP contribution in [0.1, 0.15) is 33.6 Å². The second kappa shape index (κ2) is 4.73. The molecule has 0 radical (unpaired) electrons. The van der Waals surface area contributed by atoms with Crippen molar-refractivity contribution in [1.29, 1.82) is 0 Å². The first-order valence-corrected chi connectivity index (χ1v) is 10.0. The van der Waals surface area contributed by atoms with Gasteiger partial charge in [-0.2, -0.15) is 0 Å². The maximum atomic E-state index is 11.7. The fourth-order valence-corrected chi connectivity index (χ4v) is 3.67. The number of hydrogen-bond acceptors (Lipinski definition) is 3. The number of fused-ring (bicyclic) bond motifs is 3. The Kier molecular flexibility index (Phi) is 3.73. The van der Waals surface area contributed by atoms with Crippen LogP contribution in [0.3, 0.4) is 0 Å². The molecule has 2 bridgehead atoms. The Balaban J connectivity index is 1.91. The van der Waals surface area contributed by atoms with Crippen LogP contribution in [0.5, 0.6) is 0 Å². The summed E-state index contributed by atoms with van der Waals surface area (Å²) in [5.41, 5.74) is 0. The molecule has 0 N–H and O–H groups in total. The Morgan fingerprint density at radius 3 is 2.50 bits per heavy atom. The Morgan fingerprint density at radius 1 is 1.39 bits per heavy atom. The van der Waals surface area contributed by atoms with Gasteiger partial charge in [0.1, 0.15) is 5.78 Å². The van der Waals surface area contributed by atoms with Gasteiger partial charge in [0.25, 0.3) is 0 Å². The van der Waals surface area contributed by atoms with Gasteiger partial charge in [-0.15, -0.1) is 0 Å². The number of rotatable bonds is 3. The number of nitrogens with zero attached hydrogens (tertiary/aromatic N) is 1. The fourth-order valence-electron chi connectivity index (χ4n) is 2.62. The van der Waals surface area contributed by atoms with E-state index in [0.717, 1.165) is 26.0 Å². The van der Waals surface area contributed by atoms with Gasteiger partial charge in [-0.05, 0) is 37.5 Å². The predicted octanol–water partition coefficient (Wildman–Crippen LogP) is 2.67. The van der Waals surface area contributed by atoms with Gasteiger partial charge in [0, 0.05) is 18.6 Å². The molecular weight excluding hydrogens is 242 g/mol. The summed E-state index contributed by atoms with van der Waals surface area (Å²) in [6.07, 6.45) is 2.09. The molecule has 3 heterocycles. The molecule has 4 heteroatoms. The third-order valence-electron chi connectivity index (χ3n) is 5.09. The molecule has 1 unspecified atom stereocenters.